The zero-order chi connectivity index (χ0) is 21.9. The van der Waals surface area contributed by atoms with E-state index in [0.717, 1.165) is 38.3 Å². The van der Waals surface area contributed by atoms with Crippen LogP contribution in [0.4, 0.5) is 0 Å². The van der Waals surface area contributed by atoms with Gasteiger partial charge >= 0.3 is 0 Å². The van der Waals surface area contributed by atoms with E-state index in [1.165, 1.54) is 36.3 Å². The Bertz CT molecular complexity index is 992. The fourth-order valence-corrected chi connectivity index (χ4v) is 6.33. The summed E-state index contributed by atoms with van der Waals surface area (Å²) < 4.78 is 0. The average Bonchev–Trinajstić information content (AvgIpc) is 3.50. The van der Waals surface area contributed by atoms with Crippen LogP contribution < -0.4 is 10.6 Å². The van der Waals surface area contributed by atoms with Crippen LogP contribution in [0.25, 0.3) is 0 Å². The molecule has 1 aliphatic carbocycles. The van der Waals surface area contributed by atoms with Crippen LogP contribution in [0.1, 0.15) is 63.3 Å². The zero-order valence-electron chi connectivity index (χ0n) is 19.6. The first-order valence-corrected chi connectivity index (χ1v) is 12.4. The third kappa shape index (κ3) is 3.22. The summed E-state index contributed by atoms with van der Waals surface area (Å²) >= 11 is 0. The molecule has 6 heteroatoms. The first kappa shape index (κ1) is 20.4. The SMILES string of the molecule is Cc1cccnc1[C@@H]1CCC[C@H]([C@@]2(C)N=C3C=CC=C(N4CCNC5(CC5)C4)N3C2C)N1. The Morgan fingerprint density at radius 1 is 1.22 bits per heavy atom. The molecule has 0 amide bonds. The predicted octanol–water partition coefficient (Wildman–Crippen LogP) is 3.28. The number of amidine groups is 1. The number of hydrogen-bond donors (Lipinski definition) is 2. The third-order valence-electron chi connectivity index (χ3n) is 8.60. The van der Waals surface area contributed by atoms with Crippen molar-refractivity contribution in [3.8, 4) is 0 Å². The molecular weight excluding hydrogens is 396 g/mol. The van der Waals surface area contributed by atoms with Crippen LogP contribution >= 0.6 is 0 Å². The van der Waals surface area contributed by atoms with Gasteiger partial charge in [0.05, 0.1) is 23.3 Å². The maximum atomic E-state index is 5.38. The standard InChI is InChI=1S/C26H36N6/c1-18-7-6-14-27-24(18)20-8-4-9-21(29-20)25(3)19(2)32-22(30-25)10-5-11-23(32)31-16-15-28-26(17-31)12-13-26/h5-7,10-11,14,19-21,28-29H,4,8-9,12-13,15-17H2,1-3H3/t19?,20-,21+,25-/m0/s1. The van der Waals surface area contributed by atoms with E-state index >= 15 is 0 Å². The quantitative estimate of drug-likeness (QED) is 0.768. The Hall–Kier alpha value is -2.18. The maximum absolute atomic E-state index is 5.38. The number of piperazine rings is 1. The molecule has 6 nitrogen and oxygen atoms in total. The highest BCUT2D eigenvalue weighted by Crippen LogP contribution is 2.43. The van der Waals surface area contributed by atoms with Crippen LogP contribution in [0.3, 0.4) is 0 Å². The minimum atomic E-state index is -0.171. The summed E-state index contributed by atoms with van der Waals surface area (Å²) in [7, 11) is 0. The van der Waals surface area contributed by atoms with Crippen molar-refractivity contribution < 1.29 is 0 Å². The number of hydrogen-bond acceptors (Lipinski definition) is 6. The van der Waals surface area contributed by atoms with Gasteiger partial charge in [0, 0.05) is 37.4 Å². The number of fused-ring (bicyclic) bond motifs is 1. The molecule has 2 saturated heterocycles. The Labute approximate surface area is 191 Å². The lowest BCUT2D eigenvalue weighted by molar-refractivity contribution is 0.141. The van der Waals surface area contributed by atoms with Crippen LogP contribution in [0.5, 0.6) is 0 Å². The molecule has 0 bridgehead atoms. The van der Waals surface area contributed by atoms with E-state index in [9.17, 15) is 0 Å². The Morgan fingerprint density at radius 2 is 2.09 bits per heavy atom. The number of piperidine rings is 1. The van der Waals surface area contributed by atoms with Crippen molar-refractivity contribution in [3.05, 3.63) is 53.6 Å². The number of aromatic nitrogens is 1. The fourth-order valence-electron chi connectivity index (χ4n) is 6.33. The van der Waals surface area contributed by atoms with Crippen molar-refractivity contribution in [2.24, 2.45) is 4.99 Å². The second-order valence-electron chi connectivity index (χ2n) is 10.7. The molecule has 6 rings (SSSR count). The molecule has 4 aliphatic heterocycles. The normalized spacial score (nSPS) is 35.5. The number of rotatable bonds is 3. The fraction of sp³-hybridized carbons (Fsp3) is 0.615. The van der Waals surface area contributed by atoms with Crippen molar-refractivity contribution in [3.63, 3.8) is 0 Å². The van der Waals surface area contributed by atoms with Crippen molar-refractivity contribution in [2.75, 3.05) is 19.6 Å². The lowest BCUT2D eigenvalue weighted by Gasteiger charge is -2.46. The summed E-state index contributed by atoms with van der Waals surface area (Å²) in [5.74, 6) is 2.46. The van der Waals surface area contributed by atoms with Crippen molar-refractivity contribution in [1.82, 2.24) is 25.4 Å². The third-order valence-corrected chi connectivity index (χ3v) is 8.60. The molecule has 1 spiro atoms. The monoisotopic (exact) mass is 432 g/mol. The van der Waals surface area contributed by atoms with Crippen LogP contribution in [0.15, 0.2) is 47.4 Å². The number of allylic oxidation sites excluding steroid dienone is 2. The summed E-state index contributed by atoms with van der Waals surface area (Å²) in [5.41, 5.74) is 2.67. The van der Waals surface area contributed by atoms with Crippen molar-refractivity contribution >= 4 is 5.84 Å². The van der Waals surface area contributed by atoms with Crippen molar-refractivity contribution in [1.29, 1.82) is 0 Å². The smallest absolute Gasteiger partial charge is 0.130 e. The highest BCUT2D eigenvalue weighted by atomic mass is 15.4. The van der Waals surface area contributed by atoms with Gasteiger partial charge < -0.3 is 20.4 Å². The molecule has 0 aromatic carbocycles. The summed E-state index contributed by atoms with van der Waals surface area (Å²) in [6.45, 7) is 10.2. The molecular formula is C26H36N6. The van der Waals surface area contributed by atoms with E-state index in [2.05, 4.69) is 65.5 Å². The van der Waals surface area contributed by atoms with Gasteiger partial charge in [0.2, 0.25) is 0 Å². The van der Waals surface area contributed by atoms with Crippen molar-refractivity contribution in [2.45, 2.75) is 82.1 Å². The second kappa shape index (κ2) is 7.42. The molecule has 32 heavy (non-hydrogen) atoms. The summed E-state index contributed by atoms with van der Waals surface area (Å²) in [4.78, 5) is 15.2. The van der Waals surface area contributed by atoms with E-state index in [-0.39, 0.29) is 5.54 Å². The molecule has 2 N–H and O–H groups in total. The topological polar surface area (TPSA) is 55.8 Å². The van der Waals surface area contributed by atoms with Crippen LogP contribution in [-0.4, -0.2) is 63.4 Å². The molecule has 5 aliphatic rings. The van der Waals surface area contributed by atoms with Crippen LogP contribution in [0, 0.1) is 6.92 Å². The highest BCUT2D eigenvalue weighted by molar-refractivity contribution is 5.97. The predicted molar refractivity (Wildman–Crippen MR) is 128 cm³/mol. The van der Waals surface area contributed by atoms with E-state index in [4.69, 9.17) is 9.98 Å². The molecule has 170 valence electrons. The average molecular weight is 433 g/mol. The minimum Gasteiger partial charge on any atom is -0.355 e. The van der Waals surface area contributed by atoms with Gasteiger partial charge in [-0.05, 0) is 76.7 Å². The molecule has 0 radical (unpaired) electrons. The van der Waals surface area contributed by atoms with Gasteiger partial charge in [-0.25, -0.2) is 0 Å². The summed E-state index contributed by atoms with van der Waals surface area (Å²) in [6, 6.07) is 5.16. The van der Waals surface area contributed by atoms with E-state index in [0.29, 0.717) is 23.7 Å². The maximum Gasteiger partial charge on any atom is 0.130 e. The van der Waals surface area contributed by atoms with Crippen LogP contribution in [0.2, 0.25) is 0 Å². The number of pyridine rings is 1. The molecule has 1 aromatic heterocycles. The molecule has 1 unspecified atom stereocenters. The molecule has 3 fully saturated rings. The number of nitrogens with one attached hydrogen (secondary N) is 2. The molecule has 5 heterocycles. The molecule has 1 aromatic rings. The van der Waals surface area contributed by atoms with E-state index in [1.807, 2.05) is 12.3 Å². The van der Waals surface area contributed by atoms with Gasteiger partial charge in [-0.3, -0.25) is 9.98 Å². The number of aliphatic imine (C=N–C) groups is 1. The van der Waals surface area contributed by atoms with Gasteiger partial charge in [-0.1, -0.05) is 12.1 Å². The van der Waals surface area contributed by atoms with Gasteiger partial charge in [0.25, 0.3) is 0 Å². The van der Waals surface area contributed by atoms with Gasteiger partial charge in [0.1, 0.15) is 11.7 Å². The summed E-state index contributed by atoms with van der Waals surface area (Å²) in [6.07, 6.45) is 14.8. The van der Waals surface area contributed by atoms with Crippen LogP contribution in [-0.2, 0) is 0 Å². The number of nitrogens with zero attached hydrogens (tertiary/aromatic N) is 4. The number of aryl methyl sites for hydroxylation is 1. The lowest BCUT2D eigenvalue weighted by atomic mass is 9.79. The van der Waals surface area contributed by atoms with Gasteiger partial charge in [-0.2, -0.15) is 0 Å². The Morgan fingerprint density at radius 3 is 2.91 bits per heavy atom. The van der Waals surface area contributed by atoms with Gasteiger partial charge in [-0.15, -0.1) is 0 Å². The first-order chi connectivity index (χ1) is 15.5. The Kier molecular flexibility index (Phi) is 4.74. The van der Waals surface area contributed by atoms with E-state index < -0.39 is 0 Å². The lowest BCUT2D eigenvalue weighted by Crippen LogP contribution is -2.59. The first-order valence-electron chi connectivity index (χ1n) is 12.4. The zero-order valence-corrected chi connectivity index (χ0v) is 19.6. The largest absolute Gasteiger partial charge is 0.355 e. The summed E-state index contributed by atoms with van der Waals surface area (Å²) in [5, 5.41) is 7.74. The minimum absolute atomic E-state index is 0.171. The molecule has 4 atom stereocenters. The highest BCUT2D eigenvalue weighted by Gasteiger charge is 2.52. The second-order valence-corrected chi connectivity index (χ2v) is 10.7. The molecule has 1 saturated carbocycles. The van der Waals surface area contributed by atoms with E-state index in [1.54, 1.807) is 0 Å². The Balaban J connectivity index is 1.25. The van der Waals surface area contributed by atoms with Gasteiger partial charge in [0.15, 0.2) is 0 Å².